The Balaban J connectivity index is 2.64. The molecule has 1 aromatic carbocycles. The average molecular weight is 238 g/mol. The molecule has 4 nitrogen and oxygen atoms in total. The minimum absolute atomic E-state index is 0.0574. The number of hydrogen-bond donors (Lipinski definition) is 3. The fourth-order valence-corrected chi connectivity index (χ4v) is 1.66. The van der Waals surface area contributed by atoms with E-state index in [4.69, 9.17) is 5.11 Å². The molecule has 0 aliphatic rings. The minimum atomic E-state index is -1.00. The first-order valence-electron chi connectivity index (χ1n) is 5.63. The van der Waals surface area contributed by atoms with Gasteiger partial charge in [0.15, 0.2) is 0 Å². The minimum Gasteiger partial charge on any atom is -0.481 e. The number of rotatable bonds is 6. The maximum Gasteiger partial charge on any atom is 0.306 e. The van der Waals surface area contributed by atoms with Crippen LogP contribution in [0.15, 0.2) is 30.3 Å². The van der Waals surface area contributed by atoms with Crippen molar-refractivity contribution >= 4 is 5.97 Å². The fraction of sp³-hybridized carbons (Fsp3) is 0.462. The number of aliphatic hydroxyl groups is 2. The molecule has 0 fully saturated rings. The highest BCUT2D eigenvalue weighted by Gasteiger charge is 2.24. The van der Waals surface area contributed by atoms with Gasteiger partial charge in [-0.15, -0.1) is 0 Å². The van der Waals surface area contributed by atoms with Gasteiger partial charge < -0.3 is 15.3 Å². The first-order chi connectivity index (χ1) is 8.00. The molecular weight excluding hydrogens is 220 g/mol. The van der Waals surface area contributed by atoms with Gasteiger partial charge in [-0.25, -0.2) is 0 Å². The summed E-state index contributed by atoms with van der Waals surface area (Å²) in [4.78, 5) is 11.1. The van der Waals surface area contributed by atoms with E-state index in [1.165, 1.54) is 6.92 Å². The zero-order valence-electron chi connectivity index (χ0n) is 9.78. The quantitative estimate of drug-likeness (QED) is 0.692. The predicted molar refractivity (Wildman–Crippen MR) is 63.6 cm³/mol. The maximum atomic E-state index is 11.1. The summed E-state index contributed by atoms with van der Waals surface area (Å²) < 4.78 is 0. The lowest BCUT2D eigenvalue weighted by molar-refractivity contribution is -0.143. The molecule has 0 amide bonds. The molecule has 0 aliphatic carbocycles. The summed E-state index contributed by atoms with van der Waals surface area (Å²) in [5.41, 5.74) is 0.915. The van der Waals surface area contributed by atoms with Gasteiger partial charge in [-0.05, 0) is 25.3 Å². The Morgan fingerprint density at radius 3 is 2.29 bits per heavy atom. The van der Waals surface area contributed by atoms with Gasteiger partial charge in [0.05, 0.1) is 18.1 Å². The Hall–Kier alpha value is -1.39. The van der Waals surface area contributed by atoms with Gasteiger partial charge in [0, 0.05) is 0 Å². The molecule has 1 unspecified atom stereocenters. The van der Waals surface area contributed by atoms with Crippen LogP contribution in [0.4, 0.5) is 0 Å². The third kappa shape index (κ3) is 4.54. The van der Waals surface area contributed by atoms with Gasteiger partial charge in [-0.3, -0.25) is 4.79 Å². The van der Waals surface area contributed by atoms with Gasteiger partial charge in [0.2, 0.25) is 0 Å². The fourth-order valence-electron chi connectivity index (χ4n) is 1.66. The van der Waals surface area contributed by atoms with Crippen LogP contribution >= 0.6 is 0 Å². The van der Waals surface area contributed by atoms with Crippen LogP contribution in [0.1, 0.15) is 18.9 Å². The van der Waals surface area contributed by atoms with E-state index in [2.05, 4.69) is 0 Å². The second-order valence-electron chi connectivity index (χ2n) is 4.27. The van der Waals surface area contributed by atoms with Crippen molar-refractivity contribution in [3.05, 3.63) is 35.9 Å². The van der Waals surface area contributed by atoms with Crippen molar-refractivity contribution in [3.8, 4) is 0 Å². The third-order valence-corrected chi connectivity index (χ3v) is 2.76. The molecule has 3 N–H and O–H groups in total. The van der Waals surface area contributed by atoms with Crippen molar-refractivity contribution in [1.29, 1.82) is 0 Å². The first-order valence-corrected chi connectivity index (χ1v) is 5.63. The number of aliphatic carboxylic acids is 1. The van der Waals surface area contributed by atoms with Crippen molar-refractivity contribution < 1.29 is 20.1 Å². The Morgan fingerprint density at radius 2 is 1.82 bits per heavy atom. The van der Waals surface area contributed by atoms with Gasteiger partial charge in [0.25, 0.3) is 0 Å². The lowest BCUT2D eigenvalue weighted by atomic mass is 9.92. The van der Waals surface area contributed by atoms with Crippen molar-refractivity contribution in [3.63, 3.8) is 0 Å². The van der Waals surface area contributed by atoms with Crippen molar-refractivity contribution in [2.75, 3.05) is 0 Å². The smallest absolute Gasteiger partial charge is 0.306 e. The van der Waals surface area contributed by atoms with Gasteiger partial charge in [-0.1, -0.05) is 30.3 Å². The molecule has 0 spiro atoms. The molecule has 0 aliphatic heterocycles. The van der Waals surface area contributed by atoms with Gasteiger partial charge >= 0.3 is 5.97 Å². The molecule has 17 heavy (non-hydrogen) atoms. The van der Waals surface area contributed by atoms with E-state index in [1.54, 1.807) is 0 Å². The van der Waals surface area contributed by atoms with E-state index in [9.17, 15) is 15.0 Å². The molecule has 0 heterocycles. The molecule has 1 aromatic rings. The van der Waals surface area contributed by atoms with Crippen molar-refractivity contribution in [1.82, 2.24) is 0 Å². The summed E-state index contributed by atoms with van der Waals surface area (Å²) in [5.74, 6) is -1.63. The van der Waals surface area contributed by atoms with Crippen LogP contribution in [0, 0.1) is 5.92 Å². The topological polar surface area (TPSA) is 77.8 Å². The second-order valence-corrected chi connectivity index (χ2v) is 4.27. The Kier molecular flexibility index (Phi) is 5.12. The largest absolute Gasteiger partial charge is 0.481 e. The number of carboxylic acid groups (broad SMARTS) is 1. The highest BCUT2D eigenvalue weighted by atomic mass is 16.4. The lowest BCUT2D eigenvalue weighted by Gasteiger charge is -2.18. The molecule has 0 saturated heterocycles. The lowest BCUT2D eigenvalue weighted by Crippen LogP contribution is -2.29. The normalized spacial score (nSPS) is 16.2. The zero-order valence-corrected chi connectivity index (χ0v) is 9.78. The van der Waals surface area contributed by atoms with Gasteiger partial charge in [0.1, 0.15) is 0 Å². The van der Waals surface area contributed by atoms with E-state index in [0.29, 0.717) is 6.42 Å². The summed E-state index contributed by atoms with van der Waals surface area (Å²) in [7, 11) is 0. The summed E-state index contributed by atoms with van der Waals surface area (Å²) in [6, 6.07) is 9.26. The van der Waals surface area contributed by atoms with Crippen molar-refractivity contribution in [2.24, 2.45) is 5.92 Å². The van der Waals surface area contributed by atoms with Crippen molar-refractivity contribution in [2.45, 2.75) is 32.0 Å². The molecule has 94 valence electrons. The van der Waals surface area contributed by atoms with Crippen LogP contribution in [0.3, 0.4) is 0 Å². The first kappa shape index (κ1) is 13.7. The molecule has 0 aromatic heterocycles. The average Bonchev–Trinajstić information content (AvgIpc) is 2.29. The maximum absolute atomic E-state index is 11.1. The van der Waals surface area contributed by atoms with E-state index in [0.717, 1.165) is 5.56 Å². The SMILES string of the molecule is C[C@@H](O)[C@@H](O)CC(Cc1ccccc1)C(=O)O. The van der Waals surface area contributed by atoms with Crippen LogP contribution in [0.25, 0.3) is 0 Å². The van der Waals surface area contributed by atoms with Crippen LogP contribution < -0.4 is 0 Å². The monoisotopic (exact) mass is 238 g/mol. The molecular formula is C13H18O4. The van der Waals surface area contributed by atoms with E-state index >= 15 is 0 Å². The van der Waals surface area contributed by atoms with Crippen LogP contribution in [-0.4, -0.2) is 33.5 Å². The highest BCUT2D eigenvalue weighted by molar-refractivity contribution is 5.70. The standard InChI is InChI=1S/C13H18O4/c1-9(14)12(15)8-11(13(16)17)7-10-5-3-2-4-6-10/h2-6,9,11-12,14-15H,7-8H2,1H3,(H,16,17)/t9-,11?,12+/m1/s1. The zero-order chi connectivity index (χ0) is 12.8. The Bertz CT molecular complexity index is 348. The third-order valence-electron chi connectivity index (χ3n) is 2.76. The molecule has 0 bridgehead atoms. The number of aliphatic hydroxyl groups excluding tert-OH is 2. The second kappa shape index (κ2) is 6.37. The van der Waals surface area contributed by atoms with E-state index in [-0.39, 0.29) is 6.42 Å². The van der Waals surface area contributed by atoms with Gasteiger partial charge in [-0.2, -0.15) is 0 Å². The van der Waals surface area contributed by atoms with Crippen LogP contribution in [-0.2, 0) is 11.2 Å². The summed E-state index contributed by atoms with van der Waals surface area (Å²) >= 11 is 0. The van der Waals surface area contributed by atoms with E-state index in [1.807, 2.05) is 30.3 Å². The molecule has 3 atom stereocenters. The molecule has 0 radical (unpaired) electrons. The molecule has 0 saturated carbocycles. The highest BCUT2D eigenvalue weighted by Crippen LogP contribution is 2.16. The predicted octanol–water partition coefficient (Wildman–Crippen LogP) is 1.06. The van der Waals surface area contributed by atoms with E-state index < -0.39 is 24.1 Å². The van der Waals surface area contributed by atoms with Crippen LogP contribution in [0.2, 0.25) is 0 Å². The summed E-state index contributed by atoms with van der Waals surface area (Å²) in [6.45, 7) is 1.45. The summed E-state index contributed by atoms with van der Waals surface area (Å²) in [6.07, 6.45) is -1.49. The number of carboxylic acids is 1. The Labute approximate surface area is 101 Å². The summed E-state index contributed by atoms with van der Waals surface area (Å²) in [5, 5.41) is 27.8. The molecule has 1 rings (SSSR count). The number of hydrogen-bond acceptors (Lipinski definition) is 3. The number of benzene rings is 1. The van der Waals surface area contributed by atoms with Crippen LogP contribution in [0.5, 0.6) is 0 Å². The molecule has 4 heteroatoms. The number of carbonyl (C=O) groups is 1. The Morgan fingerprint density at radius 1 is 1.24 bits per heavy atom.